The van der Waals surface area contributed by atoms with E-state index in [1.807, 2.05) is 0 Å². The highest BCUT2D eigenvalue weighted by Gasteiger charge is 2.39. The molecule has 11 heteroatoms. The van der Waals surface area contributed by atoms with Gasteiger partial charge < -0.3 is 25.0 Å². The number of amides is 1. The van der Waals surface area contributed by atoms with Gasteiger partial charge in [-0.15, -0.1) is 0 Å². The normalized spacial score (nSPS) is 23.7. The molecule has 4 atom stereocenters. The van der Waals surface area contributed by atoms with Crippen molar-refractivity contribution in [1.82, 2.24) is 14.9 Å². The van der Waals surface area contributed by atoms with Crippen molar-refractivity contribution in [2.45, 2.75) is 37.8 Å². The number of para-hydroxylation sites is 1. The number of aromatic amines is 1. The van der Waals surface area contributed by atoms with E-state index < -0.39 is 53.9 Å². The molecule has 162 valence electrons. The van der Waals surface area contributed by atoms with E-state index in [0.29, 0.717) is 5.56 Å². The summed E-state index contributed by atoms with van der Waals surface area (Å²) in [7, 11) is 0. The summed E-state index contributed by atoms with van der Waals surface area (Å²) >= 11 is 0. The highest BCUT2D eigenvalue weighted by atomic mass is 19.1. The first-order valence-corrected chi connectivity index (χ1v) is 9.21. The van der Waals surface area contributed by atoms with E-state index in [1.165, 1.54) is 35.9 Å². The van der Waals surface area contributed by atoms with E-state index in [2.05, 4.69) is 10.3 Å². The maximum atomic E-state index is 13.5. The molecule has 3 rings (SSSR count). The Morgan fingerprint density at radius 3 is 2.80 bits per heavy atom. The summed E-state index contributed by atoms with van der Waals surface area (Å²) < 4.78 is 25.3. The van der Waals surface area contributed by atoms with Crippen molar-refractivity contribution in [3.63, 3.8) is 0 Å². The number of hydrogen-bond donors (Lipinski definition) is 4. The third-order valence-electron chi connectivity index (χ3n) is 4.74. The zero-order valence-electron chi connectivity index (χ0n) is 16.1. The fourth-order valence-corrected chi connectivity index (χ4v) is 3.07. The van der Waals surface area contributed by atoms with Gasteiger partial charge in [0.25, 0.3) is 11.5 Å². The predicted molar refractivity (Wildman–Crippen MR) is 102 cm³/mol. The molecule has 10 nitrogen and oxygen atoms in total. The molecule has 2 aromatic rings. The third-order valence-corrected chi connectivity index (χ3v) is 4.74. The lowest BCUT2D eigenvalue weighted by Crippen LogP contribution is -2.60. The molecule has 0 spiro atoms. The second kappa shape index (κ2) is 9.20. The molecular weight excluding hydrogens is 401 g/mol. The van der Waals surface area contributed by atoms with Crippen molar-refractivity contribution in [2.24, 2.45) is 0 Å². The van der Waals surface area contributed by atoms with Crippen molar-refractivity contribution in [3.05, 3.63) is 62.7 Å². The number of nitrogens with zero attached hydrogens (tertiary/aromatic N) is 1. The zero-order valence-corrected chi connectivity index (χ0v) is 16.1. The van der Waals surface area contributed by atoms with Crippen LogP contribution in [0.15, 0.2) is 40.1 Å². The highest BCUT2D eigenvalue weighted by Crippen LogP contribution is 2.18. The Morgan fingerprint density at radius 2 is 2.07 bits per heavy atom. The van der Waals surface area contributed by atoms with Gasteiger partial charge in [0, 0.05) is 11.8 Å². The van der Waals surface area contributed by atoms with Gasteiger partial charge in [0.05, 0.1) is 19.2 Å². The summed E-state index contributed by atoms with van der Waals surface area (Å²) in [4.78, 5) is 37.5. The Labute approximate surface area is 169 Å². The van der Waals surface area contributed by atoms with Gasteiger partial charge in [0.1, 0.15) is 18.3 Å². The van der Waals surface area contributed by atoms with Crippen LogP contribution in [0.3, 0.4) is 0 Å². The fourth-order valence-electron chi connectivity index (χ4n) is 3.07. The molecule has 1 aromatic heterocycles. The Bertz CT molecular complexity index is 1020. The second-order valence-corrected chi connectivity index (χ2v) is 6.97. The Kier molecular flexibility index (Phi) is 6.65. The number of aliphatic hydroxyl groups excluding tert-OH is 2. The van der Waals surface area contributed by atoms with E-state index >= 15 is 0 Å². The lowest BCUT2D eigenvalue weighted by atomic mass is 9.98. The third kappa shape index (κ3) is 4.93. The minimum absolute atomic E-state index is 0.0881. The second-order valence-electron chi connectivity index (χ2n) is 6.97. The van der Waals surface area contributed by atoms with Crippen LogP contribution in [0.5, 0.6) is 5.75 Å². The molecule has 4 N–H and O–H groups in total. The molecular formula is C19H22FN3O7. The summed E-state index contributed by atoms with van der Waals surface area (Å²) in [5, 5.41) is 23.2. The number of carbonyl (C=O) groups is 1. The lowest BCUT2D eigenvalue weighted by Gasteiger charge is -2.38. The number of aryl methyl sites for hydroxylation is 1. The van der Waals surface area contributed by atoms with Gasteiger partial charge in [0.2, 0.25) is 0 Å². The van der Waals surface area contributed by atoms with Crippen molar-refractivity contribution in [3.8, 4) is 5.75 Å². The molecule has 0 bridgehead atoms. The van der Waals surface area contributed by atoms with Crippen LogP contribution in [-0.4, -0.2) is 63.2 Å². The standard InChI is InChI=1S/C19H22FN3O7/c1-10-6-23(19(28)22-18(10)27)7-14-17(26)16(25)12(8-29-14)21-15(24)9-30-13-5-3-2-4-11(13)20/h2-6,12,14,16-17,25-26H,7-9H2,1H3,(H,21,24)(H,22,27,28)/t12-,14-,16+,17-/m1/s1. The van der Waals surface area contributed by atoms with Crippen molar-refractivity contribution >= 4 is 5.91 Å². The topological polar surface area (TPSA) is 143 Å². The van der Waals surface area contributed by atoms with Crippen LogP contribution in [0.1, 0.15) is 5.56 Å². The van der Waals surface area contributed by atoms with Crippen LogP contribution >= 0.6 is 0 Å². The molecule has 0 unspecified atom stereocenters. The van der Waals surface area contributed by atoms with Gasteiger partial charge in [0.15, 0.2) is 18.2 Å². The summed E-state index contributed by atoms with van der Waals surface area (Å²) in [5.41, 5.74) is -0.876. The Morgan fingerprint density at radius 1 is 1.33 bits per heavy atom. The summed E-state index contributed by atoms with van der Waals surface area (Å²) in [6, 6.07) is 4.68. The van der Waals surface area contributed by atoms with Crippen molar-refractivity contribution < 1.29 is 28.9 Å². The van der Waals surface area contributed by atoms with E-state index in [9.17, 15) is 29.0 Å². The maximum Gasteiger partial charge on any atom is 0.328 e. The number of nitrogens with one attached hydrogen (secondary N) is 2. The molecule has 1 fully saturated rings. The molecule has 0 aliphatic carbocycles. The summed E-state index contributed by atoms with van der Waals surface area (Å²) in [5.74, 6) is -1.34. The van der Waals surface area contributed by atoms with Crippen LogP contribution in [0.2, 0.25) is 0 Å². The van der Waals surface area contributed by atoms with E-state index in [-0.39, 0.29) is 18.9 Å². The van der Waals surface area contributed by atoms with Crippen LogP contribution in [-0.2, 0) is 16.1 Å². The molecule has 1 amide bonds. The molecule has 0 saturated carbocycles. The highest BCUT2D eigenvalue weighted by molar-refractivity contribution is 5.78. The maximum absolute atomic E-state index is 13.5. The average Bonchev–Trinajstić information content (AvgIpc) is 2.71. The van der Waals surface area contributed by atoms with Crippen molar-refractivity contribution in [2.75, 3.05) is 13.2 Å². The van der Waals surface area contributed by atoms with Gasteiger partial charge in [-0.05, 0) is 19.1 Å². The van der Waals surface area contributed by atoms with E-state index in [0.717, 1.165) is 0 Å². The molecule has 1 aliphatic heterocycles. The molecule has 1 saturated heterocycles. The summed E-state index contributed by atoms with van der Waals surface area (Å²) in [6.07, 6.45) is -2.39. The van der Waals surface area contributed by atoms with Gasteiger partial charge in [-0.3, -0.25) is 19.1 Å². The number of aliphatic hydroxyl groups is 2. The molecule has 2 heterocycles. The minimum Gasteiger partial charge on any atom is -0.481 e. The minimum atomic E-state index is -1.41. The first-order valence-electron chi connectivity index (χ1n) is 9.21. The van der Waals surface area contributed by atoms with E-state index in [4.69, 9.17) is 9.47 Å². The zero-order chi connectivity index (χ0) is 21.8. The Balaban J connectivity index is 1.56. The van der Waals surface area contributed by atoms with Gasteiger partial charge in [-0.2, -0.15) is 0 Å². The quantitative estimate of drug-likeness (QED) is 0.451. The largest absolute Gasteiger partial charge is 0.481 e. The Hall–Kier alpha value is -3.02. The smallest absolute Gasteiger partial charge is 0.328 e. The molecule has 30 heavy (non-hydrogen) atoms. The van der Waals surface area contributed by atoms with E-state index in [1.54, 1.807) is 6.07 Å². The van der Waals surface area contributed by atoms with Crippen molar-refractivity contribution in [1.29, 1.82) is 0 Å². The monoisotopic (exact) mass is 423 g/mol. The van der Waals surface area contributed by atoms with Gasteiger partial charge in [-0.25, -0.2) is 9.18 Å². The number of ether oxygens (including phenoxy) is 2. The SMILES string of the molecule is Cc1cn(C[C@H]2OC[C@@H](NC(=O)COc3ccccc3F)[C@H](O)[C@@H]2O)c(=O)[nH]c1=O. The summed E-state index contributed by atoms with van der Waals surface area (Å²) in [6.45, 7) is 0.795. The predicted octanol–water partition coefficient (Wildman–Crippen LogP) is -1.33. The molecule has 0 radical (unpaired) electrons. The number of halogens is 1. The first kappa shape index (κ1) is 21.7. The van der Waals surface area contributed by atoms with Gasteiger partial charge >= 0.3 is 5.69 Å². The molecule has 1 aliphatic rings. The van der Waals surface area contributed by atoms with Crippen LogP contribution in [0.4, 0.5) is 4.39 Å². The number of benzene rings is 1. The number of carbonyl (C=O) groups excluding carboxylic acids is 1. The van der Waals surface area contributed by atoms with Gasteiger partial charge in [-0.1, -0.05) is 12.1 Å². The molecule has 1 aromatic carbocycles. The van der Waals surface area contributed by atoms with Crippen LogP contribution in [0, 0.1) is 12.7 Å². The number of rotatable bonds is 6. The lowest BCUT2D eigenvalue weighted by molar-refractivity contribution is -0.159. The van der Waals surface area contributed by atoms with Crippen LogP contribution < -0.4 is 21.3 Å². The number of hydrogen-bond acceptors (Lipinski definition) is 7. The van der Waals surface area contributed by atoms with Crippen LogP contribution in [0.25, 0.3) is 0 Å². The number of aromatic nitrogens is 2. The fraction of sp³-hybridized carbons (Fsp3) is 0.421. The number of H-pyrrole nitrogens is 1. The average molecular weight is 423 g/mol. The first-order chi connectivity index (χ1) is 14.3.